The zero-order chi connectivity index (χ0) is 18.4. The third kappa shape index (κ3) is 5.03. The van der Waals surface area contributed by atoms with Gasteiger partial charge in [0.15, 0.2) is 0 Å². The molecular formula is C19H30N4O2. The first kappa shape index (κ1) is 19.4. The Hall–Kier alpha value is -1.92. The van der Waals surface area contributed by atoms with Crippen molar-refractivity contribution in [2.24, 2.45) is 5.73 Å². The van der Waals surface area contributed by atoms with Crippen molar-refractivity contribution in [3.05, 3.63) is 35.4 Å². The van der Waals surface area contributed by atoms with Gasteiger partial charge in [-0.2, -0.15) is 0 Å². The molecule has 0 radical (unpaired) electrons. The van der Waals surface area contributed by atoms with E-state index in [0.717, 1.165) is 24.2 Å². The minimum atomic E-state index is -0.621. The summed E-state index contributed by atoms with van der Waals surface area (Å²) in [5.74, 6) is 0.111. The maximum atomic E-state index is 12.6. The van der Waals surface area contributed by atoms with Crippen molar-refractivity contribution in [3.63, 3.8) is 0 Å². The number of hydrogen-bond acceptors (Lipinski definition) is 4. The van der Waals surface area contributed by atoms with Crippen molar-refractivity contribution in [1.29, 1.82) is 0 Å². The summed E-state index contributed by atoms with van der Waals surface area (Å²) in [6, 6.07) is 7.15. The van der Waals surface area contributed by atoms with Gasteiger partial charge >= 0.3 is 0 Å². The number of carbonyl (C=O) groups excluding carboxylic acids is 2. The quantitative estimate of drug-likeness (QED) is 0.834. The Kier molecular flexibility index (Phi) is 6.96. The molecule has 1 aliphatic rings. The van der Waals surface area contributed by atoms with E-state index in [9.17, 15) is 9.59 Å². The maximum absolute atomic E-state index is 12.6. The lowest BCUT2D eigenvalue weighted by molar-refractivity contribution is -0.136. The van der Waals surface area contributed by atoms with Crippen molar-refractivity contribution in [3.8, 4) is 0 Å². The van der Waals surface area contributed by atoms with Crippen LogP contribution in [0.5, 0.6) is 0 Å². The van der Waals surface area contributed by atoms with Crippen LogP contribution in [0.3, 0.4) is 0 Å². The van der Waals surface area contributed by atoms with Gasteiger partial charge in [0.1, 0.15) is 6.04 Å². The van der Waals surface area contributed by atoms with Gasteiger partial charge in [0.2, 0.25) is 11.8 Å². The summed E-state index contributed by atoms with van der Waals surface area (Å²) in [5.41, 5.74) is 8.14. The molecule has 2 rings (SSSR count). The van der Waals surface area contributed by atoms with Gasteiger partial charge in [0.05, 0.1) is 6.54 Å². The lowest BCUT2D eigenvalue weighted by Gasteiger charge is -2.36. The highest BCUT2D eigenvalue weighted by Gasteiger charge is 2.27. The van der Waals surface area contributed by atoms with E-state index in [1.54, 1.807) is 0 Å². The second-order valence-corrected chi connectivity index (χ2v) is 6.56. The van der Waals surface area contributed by atoms with Crippen LogP contribution in [0.4, 0.5) is 0 Å². The number of nitrogens with zero attached hydrogens (tertiary/aromatic N) is 3. The SMILES string of the molecule is CCN(CC)C(=O)CN1CCN(C(=O)C(N)c2ccc(C)cc2)CC1. The van der Waals surface area contributed by atoms with Crippen LogP contribution < -0.4 is 5.73 Å². The number of aryl methyl sites for hydroxylation is 1. The molecular weight excluding hydrogens is 316 g/mol. The van der Waals surface area contributed by atoms with Crippen LogP contribution in [0.25, 0.3) is 0 Å². The molecule has 25 heavy (non-hydrogen) atoms. The number of benzene rings is 1. The van der Waals surface area contributed by atoms with E-state index in [2.05, 4.69) is 4.90 Å². The van der Waals surface area contributed by atoms with Crippen LogP contribution in [0.15, 0.2) is 24.3 Å². The predicted octanol–water partition coefficient (Wildman–Crippen LogP) is 1.01. The molecule has 2 N–H and O–H groups in total. The van der Waals surface area contributed by atoms with Gasteiger partial charge in [-0.3, -0.25) is 14.5 Å². The molecule has 2 amide bonds. The first-order valence-corrected chi connectivity index (χ1v) is 9.07. The number of rotatable bonds is 6. The van der Waals surface area contributed by atoms with Gasteiger partial charge in [0.25, 0.3) is 0 Å². The summed E-state index contributed by atoms with van der Waals surface area (Å²) in [6.45, 7) is 10.5. The van der Waals surface area contributed by atoms with Crippen molar-refractivity contribution in [1.82, 2.24) is 14.7 Å². The first-order valence-electron chi connectivity index (χ1n) is 9.07. The molecule has 1 aromatic rings. The Bertz CT molecular complexity index is 576. The topological polar surface area (TPSA) is 69.9 Å². The fourth-order valence-corrected chi connectivity index (χ4v) is 3.11. The largest absolute Gasteiger partial charge is 0.342 e. The molecule has 0 spiro atoms. The van der Waals surface area contributed by atoms with Crippen LogP contribution in [-0.4, -0.2) is 72.3 Å². The van der Waals surface area contributed by atoms with E-state index < -0.39 is 6.04 Å². The Morgan fingerprint density at radius 3 is 2.16 bits per heavy atom. The molecule has 1 aliphatic heterocycles. The van der Waals surface area contributed by atoms with Gasteiger partial charge in [-0.25, -0.2) is 0 Å². The van der Waals surface area contributed by atoms with Crippen molar-refractivity contribution < 1.29 is 9.59 Å². The fraction of sp³-hybridized carbons (Fsp3) is 0.579. The van der Waals surface area contributed by atoms with Gasteiger partial charge in [-0.15, -0.1) is 0 Å². The zero-order valence-corrected chi connectivity index (χ0v) is 15.6. The minimum absolute atomic E-state index is 0.0430. The molecule has 0 saturated carbocycles. The van der Waals surface area contributed by atoms with Gasteiger partial charge in [-0.05, 0) is 26.3 Å². The number of likely N-dealkylation sites (N-methyl/N-ethyl adjacent to an activating group) is 1. The Morgan fingerprint density at radius 2 is 1.64 bits per heavy atom. The average Bonchev–Trinajstić information content (AvgIpc) is 2.63. The average molecular weight is 346 g/mol. The second-order valence-electron chi connectivity index (χ2n) is 6.56. The normalized spacial score (nSPS) is 16.6. The Morgan fingerprint density at radius 1 is 1.08 bits per heavy atom. The van der Waals surface area contributed by atoms with E-state index in [4.69, 9.17) is 5.73 Å². The summed E-state index contributed by atoms with van der Waals surface area (Å²) in [5, 5.41) is 0. The molecule has 0 aliphatic carbocycles. The van der Waals surface area contributed by atoms with Crippen LogP contribution in [0.2, 0.25) is 0 Å². The molecule has 138 valence electrons. The molecule has 1 atom stereocenters. The number of amides is 2. The van der Waals surface area contributed by atoms with Gasteiger partial charge in [-0.1, -0.05) is 29.8 Å². The molecule has 6 nitrogen and oxygen atoms in total. The number of hydrogen-bond donors (Lipinski definition) is 1. The third-order valence-corrected chi connectivity index (χ3v) is 4.86. The molecule has 0 aromatic heterocycles. The van der Waals surface area contributed by atoms with Crippen LogP contribution in [0, 0.1) is 6.92 Å². The standard InChI is InChI=1S/C19H30N4O2/c1-4-22(5-2)17(24)14-21-10-12-23(13-11-21)19(25)18(20)16-8-6-15(3)7-9-16/h6-9,18H,4-5,10-14,20H2,1-3H3. The predicted molar refractivity (Wildman–Crippen MR) is 99.1 cm³/mol. The molecule has 1 unspecified atom stereocenters. The monoisotopic (exact) mass is 346 g/mol. The second kappa shape index (κ2) is 8.97. The third-order valence-electron chi connectivity index (χ3n) is 4.86. The summed E-state index contributed by atoms with van der Waals surface area (Å²) in [7, 11) is 0. The number of piperazine rings is 1. The highest BCUT2D eigenvalue weighted by atomic mass is 16.2. The van der Waals surface area contributed by atoms with E-state index in [1.165, 1.54) is 0 Å². The summed E-state index contributed by atoms with van der Waals surface area (Å²) >= 11 is 0. The fourth-order valence-electron chi connectivity index (χ4n) is 3.11. The lowest BCUT2D eigenvalue weighted by atomic mass is 10.0. The number of nitrogens with two attached hydrogens (primary N) is 1. The lowest BCUT2D eigenvalue weighted by Crippen LogP contribution is -2.53. The zero-order valence-electron chi connectivity index (χ0n) is 15.6. The highest BCUT2D eigenvalue weighted by Crippen LogP contribution is 2.15. The van der Waals surface area contributed by atoms with Crippen molar-refractivity contribution >= 4 is 11.8 Å². The number of carbonyl (C=O) groups is 2. The van der Waals surface area contributed by atoms with Crippen LogP contribution >= 0.6 is 0 Å². The summed E-state index contributed by atoms with van der Waals surface area (Å²) in [4.78, 5) is 30.6. The van der Waals surface area contributed by atoms with Crippen molar-refractivity contribution in [2.75, 3.05) is 45.8 Å². The molecule has 1 aromatic carbocycles. The first-order chi connectivity index (χ1) is 12.0. The van der Waals surface area contributed by atoms with Gasteiger partial charge in [0, 0.05) is 39.3 Å². The summed E-state index contributed by atoms with van der Waals surface area (Å²) < 4.78 is 0. The maximum Gasteiger partial charge on any atom is 0.244 e. The van der Waals surface area contributed by atoms with Gasteiger partial charge < -0.3 is 15.5 Å². The molecule has 6 heteroatoms. The Balaban J connectivity index is 1.85. The summed E-state index contributed by atoms with van der Waals surface area (Å²) in [6.07, 6.45) is 0. The highest BCUT2D eigenvalue weighted by molar-refractivity contribution is 5.83. The van der Waals surface area contributed by atoms with E-state index >= 15 is 0 Å². The van der Waals surface area contributed by atoms with Crippen LogP contribution in [-0.2, 0) is 9.59 Å². The van der Waals surface area contributed by atoms with E-state index in [0.29, 0.717) is 32.7 Å². The minimum Gasteiger partial charge on any atom is -0.342 e. The van der Waals surface area contributed by atoms with E-state index in [-0.39, 0.29) is 11.8 Å². The molecule has 1 saturated heterocycles. The van der Waals surface area contributed by atoms with E-state index in [1.807, 2.05) is 54.8 Å². The van der Waals surface area contributed by atoms with Crippen molar-refractivity contribution in [2.45, 2.75) is 26.8 Å². The molecule has 0 bridgehead atoms. The van der Waals surface area contributed by atoms with Crippen LogP contribution in [0.1, 0.15) is 31.0 Å². The smallest absolute Gasteiger partial charge is 0.244 e. The molecule has 1 fully saturated rings. The molecule has 1 heterocycles. The Labute approximate surface area is 150 Å².